The SMILES string of the molecule is COC1CC[C@H]2CN(C)CC2C1. The van der Waals surface area contributed by atoms with E-state index in [2.05, 4.69) is 11.9 Å². The molecule has 1 aliphatic carbocycles. The molecular formula is C10H19NO. The fourth-order valence-electron chi connectivity index (χ4n) is 2.84. The van der Waals surface area contributed by atoms with Gasteiger partial charge in [-0.15, -0.1) is 0 Å². The summed E-state index contributed by atoms with van der Waals surface area (Å²) in [6, 6.07) is 0. The van der Waals surface area contributed by atoms with Gasteiger partial charge in [0, 0.05) is 20.2 Å². The molecule has 3 atom stereocenters. The number of methoxy groups -OCH3 is 1. The van der Waals surface area contributed by atoms with Gasteiger partial charge >= 0.3 is 0 Å². The van der Waals surface area contributed by atoms with E-state index in [1.807, 2.05) is 7.11 Å². The average Bonchev–Trinajstić information content (AvgIpc) is 2.43. The van der Waals surface area contributed by atoms with Crippen LogP contribution in [0.4, 0.5) is 0 Å². The smallest absolute Gasteiger partial charge is 0.0574 e. The Labute approximate surface area is 74.9 Å². The number of likely N-dealkylation sites (tertiary alicyclic amines) is 1. The quantitative estimate of drug-likeness (QED) is 0.587. The minimum atomic E-state index is 0.553. The summed E-state index contributed by atoms with van der Waals surface area (Å²) in [6.07, 6.45) is 4.52. The summed E-state index contributed by atoms with van der Waals surface area (Å²) in [5, 5.41) is 0. The van der Waals surface area contributed by atoms with Gasteiger partial charge in [0.1, 0.15) is 0 Å². The molecule has 0 N–H and O–H groups in total. The summed E-state index contributed by atoms with van der Waals surface area (Å²) < 4.78 is 5.42. The molecule has 2 nitrogen and oxygen atoms in total. The summed E-state index contributed by atoms with van der Waals surface area (Å²) >= 11 is 0. The summed E-state index contributed by atoms with van der Waals surface area (Å²) in [7, 11) is 4.09. The van der Waals surface area contributed by atoms with Gasteiger partial charge < -0.3 is 9.64 Å². The lowest BCUT2D eigenvalue weighted by molar-refractivity contribution is 0.0409. The maximum absolute atomic E-state index is 5.42. The Kier molecular flexibility index (Phi) is 2.37. The van der Waals surface area contributed by atoms with E-state index in [-0.39, 0.29) is 0 Å². The Morgan fingerprint density at radius 2 is 1.92 bits per heavy atom. The molecule has 2 aliphatic rings. The van der Waals surface area contributed by atoms with Gasteiger partial charge in [0.25, 0.3) is 0 Å². The van der Waals surface area contributed by atoms with Gasteiger partial charge in [-0.2, -0.15) is 0 Å². The highest BCUT2D eigenvalue weighted by Gasteiger charge is 2.36. The van der Waals surface area contributed by atoms with Crippen molar-refractivity contribution in [3.8, 4) is 0 Å². The third-order valence-electron chi connectivity index (χ3n) is 3.52. The first-order valence-corrected chi connectivity index (χ1v) is 5.01. The molecule has 2 unspecified atom stereocenters. The average molecular weight is 169 g/mol. The first-order valence-electron chi connectivity index (χ1n) is 5.01. The van der Waals surface area contributed by atoms with Crippen molar-refractivity contribution in [2.45, 2.75) is 25.4 Å². The molecule has 0 bridgehead atoms. The molecule has 2 fully saturated rings. The van der Waals surface area contributed by atoms with Crippen LogP contribution in [0, 0.1) is 11.8 Å². The molecule has 0 spiro atoms. The van der Waals surface area contributed by atoms with E-state index in [4.69, 9.17) is 4.74 Å². The van der Waals surface area contributed by atoms with Crippen LogP contribution >= 0.6 is 0 Å². The van der Waals surface area contributed by atoms with Gasteiger partial charge in [-0.05, 0) is 38.1 Å². The van der Waals surface area contributed by atoms with Crippen molar-refractivity contribution < 1.29 is 4.74 Å². The van der Waals surface area contributed by atoms with Crippen molar-refractivity contribution >= 4 is 0 Å². The molecule has 70 valence electrons. The zero-order valence-corrected chi connectivity index (χ0v) is 8.12. The van der Waals surface area contributed by atoms with Gasteiger partial charge in [0.15, 0.2) is 0 Å². The maximum Gasteiger partial charge on any atom is 0.0574 e. The van der Waals surface area contributed by atoms with E-state index in [0.29, 0.717) is 6.10 Å². The highest BCUT2D eigenvalue weighted by atomic mass is 16.5. The highest BCUT2D eigenvalue weighted by molar-refractivity contribution is 4.88. The van der Waals surface area contributed by atoms with Crippen LogP contribution in [0.1, 0.15) is 19.3 Å². The fourth-order valence-corrected chi connectivity index (χ4v) is 2.84. The Bertz CT molecular complexity index is 160. The predicted octanol–water partition coefficient (Wildman–Crippen LogP) is 1.36. The lowest BCUT2D eigenvalue weighted by Crippen LogP contribution is -2.27. The Morgan fingerprint density at radius 3 is 2.67 bits per heavy atom. The first kappa shape index (κ1) is 8.52. The standard InChI is InChI=1S/C10H19NO/c1-11-6-8-3-4-10(12-2)5-9(8)7-11/h8-10H,3-7H2,1-2H3/t8-,9?,10?/m0/s1. The predicted molar refractivity (Wildman–Crippen MR) is 49.1 cm³/mol. The van der Waals surface area contributed by atoms with Crippen molar-refractivity contribution in [1.29, 1.82) is 0 Å². The van der Waals surface area contributed by atoms with Gasteiger partial charge in [-0.3, -0.25) is 0 Å². The molecule has 0 aromatic heterocycles. The number of hydrogen-bond donors (Lipinski definition) is 0. The Hall–Kier alpha value is -0.0800. The van der Waals surface area contributed by atoms with Crippen molar-refractivity contribution in [2.75, 3.05) is 27.2 Å². The van der Waals surface area contributed by atoms with Crippen molar-refractivity contribution in [1.82, 2.24) is 4.90 Å². The van der Waals surface area contributed by atoms with E-state index in [1.165, 1.54) is 32.4 Å². The highest BCUT2D eigenvalue weighted by Crippen LogP contribution is 2.36. The second-order valence-electron chi connectivity index (χ2n) is 4.41. The third kappa shape index (κ3) is 1.50. The zero-order chi connectivity index (χ0) is 8.55. The molecule has 0 aromatic carbocycles. The molecule has 0 radical (unpaired) electrons. The van der Waals surface area contributed by atoms with Crippen molar-refractivity contribution in [2.24, 2.45) is 11.8 Å². The van der Waals surface area contributed by atoms with Crippen LogP contribution in [0.3, 0.4) is 0 Å². The molecule has 2 rings (SSSR count). The third-order valence-corrected chi connectivity index (χ3v) is 3.52. The number of ether oxygens (including phenoxy) is 1. The van der Waals surface area contributed by atoms with Crippen LogP contribution in [0.5, 0.6) is 0 Å². The Balaban J connectivity index is 1.93. The number of nitrogens with zero attached hydrogens (tertiary/aromatic N) is 1. The van der Waals surface area contributed by atoms with Crippen molar-refractivity contribution in [3.05, 3.63) is 0 Å². The van der Waals surface area contributed by atoms with Crippen LogP contribution in [0.2, 0.25) is 0 Å². The minimum Gasteiger partial charge on any atom is -0.381 e. The number of rotatable bonds is 1. The minimum absolute atomic E-state index is 0.553. The van der Waals surface area contributed by atoms with Crippen molar-refractivity contribution in [3.63, 3.8) is 0 Å². The molecule has 2 heteroatoms. The van der Waals surface area contributed by atoms with Crippen LogP contribution in [-0.2, 0) is 4.74 Å². The first-order chi connectivity index (χ1) is 5.79. The van der Waals surface area contributed by atoms with Crippen LogP contribution in [-0.4, -0.2) is 38.3 Å². The van der Waals surface area contributed by atoms with Gasteiger partial charge in [0.2, 0.25) is 0 Å². The lowest BCUT2D eigenvalue weighted by Gasteiger charge is -2.29. The molecular weight excluding hydrogens is 150 g/mol. The van der Waals surface area contributed by atoms with E-state index < -0.39 is 0 Å². The summed E-state index contributed by atoms with van der Waals surface area (Å²) in [6.45, 7) is 2.62. The summed E-state index contributed by atoms with van der Waals surface area (Å²) in [5.74, 6) is 1.90. The van der Waals surface area contributed by atoms with E-state index in [0.717, 1.165) is 11.8 Å². The number of hydrogen-bond acceptors (Lipinski definition) is 2. The van der Waals surface area contributed by atoms with Crippen LogP contribution in [0.15, 0.2) is 0 Å². The zero-order valence-electron chi connectivity index (χ0n) is 8.12. The van der Waals surface area contributed by atoms with E-state index in [1.54, 1.807) is 0 Å². The van der Waals surface area contributed by atoms with E-state index >= 15 is 0 Å². The molecule has 1 saturated heterocycles. The topological polar surface area (TPSA) is 12.5 Å². The van der Waals surface area contributed by atoms with Gasteiger partial charge in [0.05, 0.1) is 6.10 Å². The van der Waals surface area contributed by atoms with Crippen LogP contribution < -0.4 is 0 Å². The summed E-state index contributed by atoms with van der Waals surface area (Å²) in [4.78, 5) is 2.47. The monoisotopic (exact) mass is 169 g/mol. The second kappa shape index (κ2) is 3.35. The van der Waals surface area contributed by atoms with Gasteiger partial charge in [-0.1, -0.05) is 0 Å². The number of fused-ring (bicyclic) bond motifs is 1. The second-order valence-corrected chi connectivity index (χ2v) is 4.41. The fraction of sp³-hybridized carbons (Fsp3) is 1.00. The molecule has 1 aliphatic heterocycles. The molecule has 1 heterocycles. The Morgan fingerprint density at radius 1 is 1.17 bits per heavy atom. The summed E-state index contributed by atoms with van der Waals surface area (Å²) in [5.41, 5.74) is 0. The molecule has 12 heavy (non-hydrogen) atoms. The largest absolute Gasteiger partial charge is 0.381 e. The molecule has 0 aromatic rings. The lowest BCUT2D eigenvalue weighted by atomic mass is 9.80. The molecule has 1 saturated carbocycles. The van der Waals surface area contributed by atoms with E-state index in [9.17, 15) is 0 Å². The van der Waals surface area contributed by atoms with Crippen LogP contribution in [0.25, 0.3) is 0 Å². The van der Waals surface area contributed by atoms with Gasteiger partial charge in [-0.25, -0.2) is 0 Å². The maximum atomic E-state index is 5.42. The molecule has 0 amide bonds. The normalized spacial score (nSPS) is 43.0.